The largest absolute Gasteiger partial charge is 0.306 e. The molecule has 0 aliphatic heterocycles. The molecule has 0 amide bonds. The van der Waals surface area contributed by atoms with Crippen LogP contribution in [0, 0.1) is 17.2 Å². The Kier molecular flexibility index (Phi) is 3.88. The summed E-state index contributed by atoms with van der Waals surface area (Å²) >= 11 is 0. The van der Waals surface area contributed by atoms with E-state index in [-0.39, 0.29) is 11.5 Å². The SMILES string of the molecule is CC(C#N)C(C)(C)NCc1ccccc1. The van der Waals surface area contributed by atoms with E-state index in [9.17, 15) is 0 Å². The third-order valence-corrected chi connectivity index (χ3v) is 2.87. The van der Waals surface area contributed by atoms with E-state index >= 15 is 0 Å². The summed E-state index contributed by atoms with van der Waals surface area (Å²) in [6.45, 7) is 6.87. The van der Waals surface area contributed by atoms with Crippen LogP contribution in [0.4, 0.5) is 0 Å². The zero-order valence-electron chi connectivity index (χ0n) is 9.62. The molecule has 1 atom stereocenters. The van der Waals surface area contributed by atoms with Crippen molar-refractivity contribution >= 4 is 0 Å². The predicted octanol–water partition coefficient (Wildman–Crippen LogP) is 2.71. The van der Waals surface area contributed by atoms with Crippen molar-refractivity contribution in [3.05, 3.63) is 35.9 Å². The Morgan fingerprint density at radius 3 is 2.47 bits per heavy atom. The summed E-state index contributed by atoms with van der Waals surface area (Å²) in [4.78, 5) is 0. The van der Waals surface area contributed by atoms with E-state index in [0.29, 0.717) is 0 Å². The van der Waals surface area contributed by atoms with E-state index in [4.69, 9.17) is 5.26 Å². The van der Waals surface area contributed by atoms with Crippen molar-refractivity contribution in [2.24, 2.45) is 5.92 Å². The van der Waals surface area contributed by atoms with Gasteiger partial charge in [0.15, 0.2) is 0 Å². The van der Waals surface area contributed by atoms with Crippen LogP contribution in [0.2, 0.25) is 0 Å². The number of hydrogen-bond acceptors (Lipinski definition) is 2. The van der Waals surface area contributed by atoms with E-state index in [1.807, 2.05) is 25.1 Å². The van der Waals surface area contributed by atoms with Gasteiger partial charge in [-0.2, -0.15) is 5.26 Å². The molecule has 1 N–H and O–H groups in total. The fraction of sp³-hybridized carbons (Fsp3) is 0.462. The van der Waals surface area contributed by atoms with Crippen LogP contribution in [0.15, 0.2) is 30.3 Å². The van der Waals surface area contributed by atoms with Crippen LogP contribution in [-0.2, 0) is 6.54 Å². The first-order chi connectivity index (χ1) is 7.06. The van der Waals surface area contributed by atoms with Crippen molar-refractivity contribution in [2.45, 2.75) is 32.9 Å². The summed E-state index contributed by atoms with van der Waals surface area (Å²) in [6, 6.07) is 12.5. The van der Waals surface area contributed by atoms with Crippen LogP contribution in [0.1, 0.15) is 26.3 Å². The van der Waals surface area contributed by atoms with Crippen LogP contribution < -0.4 is 5.32 Å². The number of rotatable bonds is 4. The lowest BCUT2D eigenvalue weighted by atomic mass is 9.90. The molecule has 0 aliphatic rings. The molecule has 15 heavy (non-hydrogen) atoms. The zero-order valence-corrected chi connectivity index (χ0v) is 9.62. The molecule has 0 saturated carbocycles. The molecule has 0 aliphatic carbocycles. The number of benzene rings is 1. The number of hydrogen-bond donors (Lipinski definition) is 1. The fourth-order valence-corrected chi connectivity index (χ4v) is 1.24. The van der Waals surface area contributed by atoms with E-state index in [1.165, 1.54) is 5.56 Å². The lowest BCUT2D eigenvalue weighted by Gasteiger charge is -2.28. The Hall–Kier alpha value is -1.33. The third-order valence-electron chi connectivity index (χ3n) is 2.87. The highest BCUT2D eigenvalue weighted by Gasteiger charge is 2.24. The molecule has 2 nitrogen and oxygen atoms in total. The first-order valence-corrected chi connectivity index (χ1v) is 5.25. The van der Waals surface area contributed by atoms with Crippen LogP contribution in [-0.4, -0.2) is 5.54 Å². The Bertz CT molecular complexity index is 335. The third kappa shape index (κ3) is 3.38. The van der Waals surface area contributed by atoms with Gasteiger partial charge >= 0.3 is 0 Å². The van der Waals surface area contributed by atoms with Gasteiger partial charge in [-0.1, -0.05) is 30.3 Å². The number of nitrogens with zero attached hydrogens (tertiary/aromatic N) is 1. The second-order valence-corrected chi connectivity index (χ2v) is 4.41. The van der Waals surface area contributed by atoms with E-state index in [1.54, 1.807) is 0 Å². The summed E-state index contributed by atoms with van der Waals surface area (Å²) < 4.78 is 0. The van der Waals surface area contributed by atoms with Gasteiger partial charge in [-0.05, 0) is 26.3 Å². The highest BCUT2D eigenvalue weighted by Crippen LogP contribution is 2.15. The van der Waals surface area contributed by atoms with Crippen LogP contribution in [0.3, 0.4) is 0 Å². The van der Waals surface area contributed by atoms with Crippen molar-refractivity contribution < 1.29 is 0 Å². The summed E-state index contributed by atoms with van der Waals surface area (Å²) in [7, 11) is 0. The topological polar surface area (TPSA) is 35.8 Å². The van der Waals surface area contributed by atoms with Gasteiger partial charge in [0, 0.05) is 12.1 Å². The number of nitrogens with one attached hydrogen (secondary N) is 1. The van der Waals surface area contributed by atoms with Crippen LogP contribution >= 0.6 is 0 Å². The first-order valence-electron chi connectivity index (χ1n) is 5.25. The van der Waals surface area contributed by atoms with Crippen molar-refractivity contribution in [1.29, 1.82) is 5.26 Å². The van der Waals surface area contributed by atoms with Crippen LogP contribution in [0.5, 0.6) is 0 Å². The lowest BCUT2D eigenvalue weighted by molar-refractivity contribution is 0.316. The standard InChI is InChI=1S/C13H18N2/c1-11(9-14)13(2,3)15-10-12-7-5-4-6-8-12/h4-8,11,15H,10H2,1-3H3. The monoisotopic (exact) mass is 202 g/mol. The summed E-state index contributed by atoms with van der Waals surface area (Å²) in [5.74, 6) is 0.00112. The smallest absolute Gasteiger partial charge is 0.0672 e. The quantitative estimate of drug-likeness (QED) is 0.814. The molecule has 0 aromatic heterocycles. The molecular weight excluding hydrogens is 184 g/mol. The molecule has 1 unspecified atom stereocenters. The Labute approximate surface area is 91.9 Å². The maximum absolute atomic E-state index is 8.88. The van der Waals surface area contributed by atoms with E-state index < -0.39 is 0 Å². The fourth-order valence-electron chi connectivity index (χ4n) is 1.24. The second kappa shape index (κ2) is 4.95. The molecule has 1 rings (SSSR count). The molecule has 0 fully saturated rings. The second-order valence-electron chi connectivity index (χ2n) is 4.41. The summed E-state index contributed by atoms with van der Waals surface area (Å²) in [5.41, 5.74) is 1.10. The van der Waals surface area contributed by atoms with Gasteiger partial charge in [0.25, 0.3) is 0 Å². The van der Waals surface area contributed by atoms with Gasteiger partial charge in [0.1, 0.15) is 0 Å². The van der Waals surface area contributed by atoms with Crippen molar-refractivity contribution in [3.63, 3.8) is 0 Å². The average Bonchev–Trinajstić information content (AvgIpc) is 2.27. The molecule has 80 valence electrons. The zero-order chi connectivity index (χ0) is 11.3. The van der Waals surface area contributed by atoms with Crippen molar-refractivity contribution in [1.82, 2.24) is 5.32 Å². The Balaban J connectivity index is 2.54. The highest BCUT2D eigenvalue weighted by atomic mass is 15.0. The van der Waals surface area contributed by atoms with Gasteiger partial charge in [-0.3, -0.25) is 0 Å². The van der Waals surface area contributed by atoms with Crippen molar-refractivity contribution in [3.8, 4) is 6.07 Å². The van der Waals surface area contributed by atoms with Gasteiger partial charge in [0.05, 0.1) is 12.0 Å². The maximum atomic E-state index is 8.88. The van der Waals surface area contributed by atoms with E-state index in [2.05, 4.69) is 37.4 Å². The van der Waals surface area contributed by atoms with E-state index in [0.717, 1.165) is 6.54 Å². The first kappa shape index (κ1) is 11.7. The highest BCUT2D eigenvalue weighted by molar-refractivity contribution is 5.14. The van der Waals surface area contributed by atoms with Crippen molar-refractivity contribution in [2.75, 3.05) is 0 Å². The molecule has 2 heteroatoms. The summed E-state index contributed by atoms with van der Waals surface area (Å²) in [6.07, 6.45) is 0. The minimum absolute atomic E-state index is 0.00112. The maximum Gasteiger partial charge on any atom is 0.0672 e. The number of nitriles is 1. The minimum Gasteiger partial charge on any atom is -0.306 e. The van der Waals surface area contributed by atoms with Gasteiger partial charge in [-0.25, -0.2) is 0 Å². The molecule has 1 aromatic rings. The molecule has 1 aromatic carbocycles. The van der Waals surface area contributed by atoms with Crippen LogP contribution in [0.25, 0.3) is 0 Å². The predicted molar refractivity (Wildman–Crippen MR) is 62.1 cm³/mol. The molecule has 0 saturated heterocycles. The molecule has 0 heterocycles. The van der Waals surface area contributed by atoms with Gasteiger partial charge in [0.2, 0.25) is 0 Å². The minimum atomic E-state index is -0.148. The Morgan fingerprint density at radius 2 is 1.93 bits per heavy atom. The Morgan fingerprint density at radius 1 is 1.33 bits per heavy atom. The normalized spacial score (nSPS) is 13.2. The molecule has 0 spiro atoms. The molecular formula is C13H18N2. The lowest BCUT2D eigenvalue weighted by Crippen LogP contribution is -2.44. The van der Waals surface area contributed by atoms with Gasteiger partial charge < -0.3 is 5.32 Å². The van der Waals surface area contributed by atoms with Gasteiger partial charge in [-0.15, -0.1) is 0 Å². The molecule has 0 radical (unpaired) electrons. The molecule has 0 bridgehead atoms. The summed E-state index contributed by atoms with van der Waals surface area (Å²) in [5, 5.41) is 12.3. The average molecular weight is 202 g/mol.